The van der Waals surface area contributed by atoms with Crippen molar-refractivity contribution in [3.05, 3.63) is 0 Å². The van der Waals surface area contributed by atoms with Gasteiger partial charge in [0.1, 0.15) is 0 Å². The molecule has 2 nitrogen and oxygen atoms in total. The van der Waals surface area contributed by atoms with Gasteiger partial charge < -0.3 is 10.1 Å². The van der Waals surface area contributed by atoms with Crippen LogP contribution in [0.15, 0.2) is 0 Å². The fourth-order valence-electron chi connectivity index (χ4n) is 2.73. The molecule has 0 radical (unpaired) electrons. The van der Waals surface area contributed by atoms with Gasteiger partial charge in [0.25, 0.3) is 0 Å². The Hall–Kier alpha value is -0.0800. The third-order valence-electron chi connectivity index (χ3n) is 4.17. The molecule has 0 aromatic rings. The summed E-state index contributed by atoms with van der Waals surface area (Å²) < 4.78 is 5.45. The van der Waals surface area contributed by atoms with E-state index in [1.807, 2.05) is 0 Å². The lowest BCUT2D eigenvalue weighted by molar-refractivity contribution is 0.166. The van der Waals surface area contributed by atoms with Crippen LogP contribution in [0.25, 0.3) is 0 Å². The maximum Gasteiger partial charge on any atom is 0.0646 e. The summed E-state index contributed by atoms with van der Waals surface area (Å²) in [4.78, 5) is 0. The van der Waals surface area contributed by atoms with Gasteiger partial charge in [-0.3, -0.25) is 0 Å². The van der Waals surface area contributed by atoms with Crippen LogP contribution in [0.1, 0.15) is 46.0 Å². The topological polar surface area (TPSA) is 21.3 Å². The molecule has 1 aliphatic heterocycles. The van der Waals surface area contributed by atoms with Crippen molar-refractivity contribution < 1.29 is 4.74 Å². The van der Waals surface area contributed by atoms with Crippen LogP contribution in [0.4, 0.5) is 0 Å². The van der Waals surface area contributed by atoms with Gasteiger partial charge in [0.15, 0.2) is 0 Å². The zero-order chi connectivity index (χ0) is 10.7. The van der Waals surface area contributed by atoms with E-state index in [2.05, 4.69) is 19.2 Å². The highest BCUT2D eigenvalue weighted by Crippen LogP contribution is 2.28. The minimum absolute atomic E-state index is 0.267. The van der Waals surface area contributed by atoms with Crippen molar-refractivity contribution in [2.24, 2.45) is 11.8 Å². The molecule has 1 saturated carbocycles. The fourth-order valence-corrected chi connectivity index (χ4v) is 2.73. The second-order valence-corrected chi connectivity index (χ2v) is 5.87. The summed E-state index contributed by atoms with van der Waals surface area (Å²) in [6.45, 7) is 7.72. The van der Waals surface area contributed by atoms with Crippen LogP contribution in [0.5, 0.6) is 0 Å². The van der Waals surface area contributed by atoms with Crippen molar-refractivity contribution in [1.29, 1.82) is 0 Å². The first-order chi connectivity index (χ1) is 7.18. The number of hydrogen-bond acceptors (Lipinski definition) is 2. The van der Waals surface area contributed by atoms with E-state index in [4.69, 9.17) is 4.74 Å². The van der Waals surface area contributed by atoms with Gasteiger partial charge in [0.2, 0.25) is 0 Å². The summed E-state index contributed by atoms with van der Waals surface area (Å²) in [5.41, 5.74) is 0.267. The molecule has 2 fully saturated rings. The Morgan fingerprint density at radius 1 is 1.27 bits per heavy atom. The number of rotatable bonds is 3. The van der Waals surface area contributed by atoms with E-state index in [0.29, 0.717) is 0 Å². The molecule has 1 saturated heterocycles. The smallest absolute Gasteiger partial charge is 0.0646 e. The third-order valence-corrected chi connectivity index (χ3v) is 4.17. The molecule has 0 bridgehead atoms. The highest BCUT2D eigenvalue weighted by Gasteiger charge is 2.30. The average Bonchev–Trinajstić information content (AvgIpc) is 2.65. The quantitative estimate of drug-likeness (QED) is 0.774. The minimum Gasteiger partial charge on any atom is -0.379 e. The number of nitrogens with one attached hydrogen (secondary N) is 1. The second kappa shape index (κ2) is 4.84. The Balaban J connectivity index is 1.69. The van der Waals surface area contributed by atoms with Crippen LogP contribution >= 0.6 is 0 Å². The van der Waals surface area contributed by atoms with E-state index >= 15 is 0 Å². The molecule has 15 heavy (non-hydrogen) atoms. The van der Waals surface area contributed by atoms with Crippen LogP contribution in [0, 0.1) is 11.8 Å². The molecule has 1 unspecified atom stereocenters. The molecule has 0 amide bonds. The zero-order valence-corrected chi connectivity index (χ0v) is 10.2. The SMILES string of the molecule is CC1CCC(CNC2(C)CCOC2)CC1. The van der Waals surface area contributed by atoms with E-state index < -0.39 is 0 Å². The van der Waals surface area contributed by atoms with Crippen molar-refractivity contribution in [2.75, 3.05) is 19.8 Å². The summed E-state index contributed by atoms with van der Waals surface area (Å²) in [5.74, 6) is 1.88. The highest BCUT2D eigenvalue weighted by molar-refractivity contribution is 4.88. The fraction of sp³-hybridized carbons (Fsp3) is 1.00. The van der Waals surface area contributed by atoms with Crippen molar-refractivity contribution in [3.63, 3.8) is 0 Å². The first-order valence-corrected chi connectivity index (χ1v) is 6.51. The summed E-state index contributed by atoms with van der Waals surface area (Å²) in [5, 5.41) is 3.72. The van der Waals surface area contributed by atoms with E-state index in [0.717, 1.165) is 25.0 Å². The van der Waals surface area contributed by atoms with E-state index in [1.165, 1.54) is 38.6 Å². The molecular weight excluding hydrogens is 186 g/mol. The Labute approximate surface area is 93.8 Å². The molecule has 0 spiro atoms. The molecule has 1 heterocycles. The van der Waals surface area contributed by atoms with E-state index in [1.54, 1.807) is 0 Å². The van der Waals surface area contributed by atoms with E-state index in [-0.39, 0.29) is 5.54 Å². The van der Waals surface area contributed by atoms with Gasteiger partial charge in [-0.15, -0.1) is 0 Å². The van der Waals surface area contributed by atoms with Gasteiger partial charge >= 0.3 is 0 Å². The number of hydrogen-bond donors (Lipinski definition) is 1. The lowest BCUT2D eigenvalue weighted by atomic mass is 9.82. The minimum atomic E-state index is 0.267. The number of ether oxygens (including phenoxy) is 1. The molecule has 88 valence electrons. The molecule has 1 atom stereocenters. The van der Waals surface area contributed by atoms with Crippen molar-refractivity contribution >= 4 is 0 Å². The Kier molecular flexibility index (Phi) is 3.68. The normalized spacial score (nSPS) is 42.0. The maximum absolute atomic E-state index is 5.45. The molecule has 2 heteroatoms. The Morgan fingerprint density at radius 2 is 2.00 bits per heavy atom. The van der Waals surface area contributed by atoms with Crippen LogP contribution in [0.2, 0.25) is 0 Å². The van der Waals surface area contributed by atoms with Gasteiger partial charge in [0, 0.05) is 12.1 Å². The van der Waals surface area contributed by atoms with Crippen LogP contribution in [-0.4, -0.2) is 25.3 Å². The first-order valence-electron chi connectivity index (χ1n) is 6.51. The summed E-state index contributed by atoms with van der Waals surface area (Å²) in [6, 6.07) is 0. The highest BCUT2D eigenvalue weighted by atomic mass is 16.5. The largest absolute Gasteiger partial charge is 0.379 e. The lowest BCUT2D eigenvalue weighted by Crippen LogP contribution is -2.45. The standard InChI is InChI=1S/C13H25NO/c1-11-3-5-12(6-4-11)9-14-13(2)7-8-15-10-13/h11-12,14H,3-10H2,1-2H3. The van der Waals surface area contributed by atoms with E-state index in [9.17, 15) is 0 Å². The Bertz CT molecular complexity index is 191. The van der Waals surface area contributed by atoms with Gasteiger partial charge in [-0.25, -0.2) is 0 Å². The van der Waals surface area contributed by atoms with Crippen LogP contribution in [-0.2, 0) is 4.74 Å². The molecule has 1 aliphatic carbocycles. The average molecular weight is 211 g/mol. The monoisotopic (exact) mass is 211 g/mol. The van der Waals surface area contributed by atoms with Crippen molar-refractivity contribution in [3.8, 4) is 0 Å². The van der Waals surface area contributed by atoms with Gasteiger partial charge in [-0.2, -0.15) is 0 Å². The molecular formula is C13H25NO. The first kappa shape index (κ1) is 11.4. The van der Waals surface area contributed by atoms with Gasteiger partial charge in [0.05, 0.1) is 6.61 Å². The predicted molar refractivity (Wildman–Crippen MR) is 63.0 cm³/mol. The lowest BCUT2D eigenvalue weighted by Gasteiger charge is -2.30. The van der Waals surface area contributed by atoms with Gasteiger partial charge in [-0.1, -0.05) is 19.8 Å². The van der Waals surface area contributed by atoms with Gasteiger partial charge in [-0.05, 0) is 44.6 Å². The van der Waals surface area contributed by atoms with Crippen molar-refractivity contribution in [1.82, 2.24) is 5.32 Å². The molecule has 0 aromatic heterocycles. The molecule has 0 aromatic carbocycles. The predicted octanol–water partition coefficient (Wildman–Crippen LogP) is 2.58. The third kappa shape index (κ3) is 3.18. The summed E-state index contributed by atoms with van der Waals surface area (Å²) >= 11 is 0. The summed E-state index contributed by atoms with van der Waals surface area (Å²) in [6.07, 6.45) is 6.88. The zero-order valence-electron chi connectivity index (χ0n) is 10.2. The maximum atomic E-state index is 5.45. The second-order valence-electron chi connectivity index (χ2n) is 5.87. The van der Waals surface area contributed by atoms with Crippen LogP contribution < -0.4 is 5.32 Å². The van der Waals surface area contributed by atoms with Crippen molar-refractivity contribution in [2.45, 2.75) is 51.5 Å². The summed E-state index contributed by atoms with van der Waals surface area (Å²) in [7, 11) is 0. The Morgan fingerprint density at radius 3 is 2.60 bits per heavy atom. The molecule has 1 N–H and O–H groups in total. The molecule has 2 rings (SSSR count). The molecule has 2 aliphatic rings. The van der Waals surface area contributed by atoms with Crippen LogP contribution in [0.3, 0.4) is 0 Å².